The number of nitrogens with zero attached hydrogens (tertiary/aromatic N) is 1. The Balaban J connectivity index is 0.00000196. The van der Waals surface area contributed by atoms with Gasteiger partial charge in [0.1, 0.15) is 0 Å². The Labute approximate surface area is 180 Å². The van der Waals surface area contributed by atoms with Crippen LogP contribution in [0.25, 0.3) is 0 Å². The molecule has 4 nitrogen and oxygen atoms in total. The van der Waals surface area contributed by atoms with Crippen LogP contribution in [0, 0.1) is 5.92 Å². The first-order chi connectivity index (χ1) is 12.5. The molecule has 0 saturated carbocycles. The van der Waals surface area contributed by atoms with E-state index in [1.165, 1.54) is 17.5 Å². The second kappa shape index (κ2) is 11.4. The summed E-state index contributed by atoms with van der Waals surface area (Å²) in [5.74, 6) is 0.674. The number of hydrogen-bond acceptors (Lipinski definition) is 3. The van der Waals surface area contributed by atoms with Gasteiger partial charge >= 0.3 is 0 Å². The maximum Gasteiger partial charge on any atom is 0.226 e. The van der Waals surface area contributed by atoms with Crippen LogP contribution in [0.3, 0.4) is 0 Å². The Morgan fingerprint density at radius 3 is 2.46 bits per heavy atom. The Bertz CT molecular complexity index is 753. The number of halogens is 2. The third-order valence-corrected chi connectivity index (χ3v) is 4.98. The van der Waals surface area contributed by atoms with Crippen LogP contribution in [0.1, 0.15) is 49.4 Å². The fraction of sp³-hybridized carbons (Fsp3) is 0.409. The molecule has 0 aromatic heterocycles. The van der Waals surface area contributed by atoms with Gasteiger partial charge in [0.25, 0.3) is 0 Å². The lowest BCUT2D eigenvalue weighted by molar-refractivity contribution is -0.116. The van der Waals surface area contributed by atoms with Gasteiger partial charge in [-0.2, -0.15) is 0 Å². The van der Waals surface area contributed by atoms with E-state index in [0.717, 1.165) is 30.9 Å². The van der Waals surface area contributed by atoms with Crippen LogP contribution in [0.2, 0.25) is 0 Å². The fourth-order valence-electron chi connectivity index (χ4n) is 3.42. The molecule has 6 heteroatoms. The largest absolute Gasteiger partial charge is 0.326 e. The summed E-state index contributed by atoms with van der Waals surface area (Å²) in [5.41, 5.74) is 10.7. The molecule has 1 unspecified atom stereocenters. The van der Waals surface area contributed by atoms with Crippen molar-refractivity contribution < 1.29 is 4.79 Å². The molecule has 0 aliphatic carbocycles. The van der Waals surface area contributed by atoms with Crippen molar-refractivity contribution in [1.82, 2.24) is 4.90 Å². The average Bonchev–Trinajstić information content (AvgIpc) is 3.05. The number of rotatable bonds is 7. The van der Waals surface area contributed by atoms with Gasteiger partial charge < -0.3 is 11.1 Å². The van der Waals surface area contributed by atoms with Gasteiger partial charge in [0.05, 0.1) is 0 Å². The molecule has 0 fully saturated rings. The summed E-state index contributed by atoms with van der Waals surface area (Å²) in [6.45, 7) is 7.48. The van der Waals surface area contributed by atoms with Crippen molar-refractivity contribution in [1.29, 1.82) is 0 Å². The molecule has 1 atom stereocenters. The molecule has 3 rings (SSSR count). The number of anilines is 1. The monoisotopic (exact) mass is 423 g/mol. The molecule has 2 aromatic carbocycles. The number of amides is 1. The van der Waals surface area contributed by atoms with E-state index in [0.29, 0.717) is 5.92 Å². The first-order valence-corrected chi connectivity index (χ1v) is 9.46. The first kappa shape index (κ1) is 24.4. The molecular weight excluding hydrogens is 393 g/mol. The van der Waals surface area contributed by atoms with Gasteiger partial charge in [0, 0.05) is 31.2 Å². The Morgan fingerprint density at radius 1 is 1.07 bits per heavy atom. The fourth-order valence-corrected chi connectivity index (χ4v) is 3.42. The van der Waals surface area contributed by atoms with E-state index in [4.69, 9.17) is 5.73 Å². The number of nitrogens with two attached hydrogens (primary N) is 1. The zero-order valence-corrected chi connectivity index (χ0v) is 18.2. The number of hydrogen-bond donors (Lipinski definition) is 2. The van der Waals surface area contributed by atoms with Crippen LogP contribution in [-0.4, -0.2) is 17.4 Å². The van der Waals surface area contributed by atoms with Gasteiger partial charge in [-0.05, 0) is 41.6 Å². The summed E-state index contributed by atoms with van der Waals surface area (Å²) in [4.78, 5) is 14.9. The molecule has 1 aliphatic rings. The highest BCUT2D eigenvalue weighted by atomic mass is 35.5. The maximum atomic E-state index is 12.5. The standard InChI is InChI=1S/C22H29N3O.2ClH/c1-16(2)11-12-25-14-18-9-6-10-21(19(18)15-25)24-22(26)13-20(23)17-7-4-3-5-8-17;;/h3-10,16,20H,11-15,23H2,1-2H3,(H,24,26);2*1H. The molecule has 3 N–H and O–H groups in total. The summed E-state index contributed by atoms with van der Waals surface area (Å²) in [5, 5.41) is 3.08. The van der Waals surface area contributed by atoms with E-state index in [1.54, 1.807) is 0 Å². The number of nitrogens with one attached hydrogen (secondary N) is 1. The van der Waals surface area contributed by atoms with E-state index in [1.807, 2.05) is 42.5 Å². The van der Waals surface area contributed by atoms with E-state index < -0.39 is 0 Å². The molecule has 154 valence electrons. The molecule has 1 heterocycles. The number of fused-ring (bicyclic) bond motifs is 1. The van der Waals surface area contributed by atoms with E-state index in [9.17, 15) is 4.79 Å². The van der Waals surface area contributed by atoms with Crippen molar-refractivity contribution in [2.24, 2.45) is 11.7 Å². The number of carbonyl (C=O) groups excluding carboxylic acids is 1. The van der Waals surface area contributed by atoms with Gasteiger partial charge in [0.15, 0.2) is 0 Å². The van der Waals surface area contributed by atoms with Gasteiger partial charge in [-0.3, -0.25) is 9.69 Å². The third-order valence-electron chi connectivity index (χ3n) is 4.98. The second-order valence-electron chi connectivity index (χ2n) is 7.61. The third kappa shape index (κ3) is 6.49. The molecular formula is C22H31Cl2N3O. The van der Waals surface area contributed by atoms with Crippen molar-refractivity contribution >= 4 is 36.4 Å². The molecule has 0 saturated heterocycles. The van der Waals surface area contributed by atoms with Crippen LogP contribution in [0.5, 0.6) is 0 Å². The van der Waals surface area contributed by atoms with E-state index in [-0.39, 0.29) is 43.2 Å². The van der Waals surface area contributed by atoms with E-state index >= 15 is 0 Å². The topological polar surface area (TPSA) is 58.4 Å². The lowest BCUT2D eigenvalue weighted by atomic mass is 10.0. The predicted octanol–water partition coefficient (Wildman–Crippen LogP) is 4.92. The predicted molar refractivity (Wildman–Crippen MR) is 121 cm³/mol. The van der Waals surface area contributed by atoms with Gasteiger partial charge in [-0.15, -0.1) is 24.8 Å². The van der Waals surface area contributed by atoms with Gasteiger partial charge in [0.2, 0.25) is 5.91 Å². The summed E-state index contributed by atoms with van der Waals surface area (Å²) in [6.07, 6.45) is 1.48. The average molecular weight is 424 g/mol. The van der Waals surface area contributed by atoms with Crippen LogP contribution in [-0.2, 0) is 17.9 Å². The van der Waals surface area contributed by atoms with Crippen LogP contribution >= 0.6 is 24.8 Å². The summed E-state index contributed by atoms with van der Waals surface area (Å²) in [6, 6.07) is 15.7. The Kier molecular flexibility index (Phi) is 9.97. The molecule has 28 heavy (non-hydrogen) atoms. The minimum absolute atomic E-state index is 0. The maximum absolute atomic E-state index is 12.5. The second-order valence-corrected chi connectivity index (χ2v) is 7.61. The quantitative estimate of drug-likeness (QED) is 0.663. The SMILES string of the molecule is CC(C)CCN1Cc2cccc(NC(=O)CC(N)c3ccccc3)c2C1.Cl.Cl. The summed E-state index contributed by atoms with van der Waals surface area (Å²) < 4.78 is 0. The minimum Gasteiger partial charge on any atom is -0.326 e. The lowest BCUT2D eigenvalue weighted by Gasteiger charge is -2.16. The lowest BCUT2D eigenvalue weighted by Crippen LogP contribution is -2.21. The normalized spacial score (nSPS) is 14.0. The van der Waals surface area contributed by atoms with Gasteiger partial charge in [-0.1, -0.05) is 56.3 Å². The van der Waals surface area contributed by atoms with E-state index in [2.05, 4.69) is 30.1 Å². The van der Waals surface area contributed by atoms with Crippen LogP contribution < -0.4 is 11.1 Å². The Hall–Kier alpha value is -1.59. The van der Waals surface area contributed by atoms with Gasteiger partial charge in [-0.25, -0.2) is 0 Å². The Morgan fingerprint density at radius 2 is 1.79 bits per heavy atom. The molecule has 0 bridgehead atoms. The highest BCUT2D eigenvalue weighted by molar-refractivity contribution is 5.92. The van der Waals surface area contributed by atoms with Crippen molar-refractivity contribution in [2.45, 2.75) is 45.8 Å². The highest BCUT2D eigenvalue weighted by Gasteiger charge is 2.22. The van der Waals surface area contributed by atoms with Crippen molar-refractivity contribution in [3.63, 3.8) is 0 Å². The number of benzene rings is 2. The molecule has 0 spiro atoms. The smallest absolute Gasteiger partial charge is 0.226 e. The van der Waals surface area contributed by atoms with Crippen molar-refractivity contribution in [2.75, 3.05) is 11.9 Å². The summed E-state index contributed by atoms with van der Waals surface area (Å²) >= 11 is 0. The highest BCUT2D eigenvalue weighted by Crippen LogP contribution is 2.30. The van der Waals surface area contributed by atoms with Crippen LogP contribution in [0.4, 0.5) is 5.69 Å². The molecule has 1 aliphatic heterocycles. The zero-order chi connectivity index (χ0) is 18.5. The molecule has 1 amide bonds. The van der Waals surface area contributed by atoms with Crippen molar-refractivity contribution in [3.8, 4) is 0 Å². The first-order valence-electron chi connectivity index (χ1n) is 9.46. The number of carbonyl (C=O) groups is 1. The van der Waals surface area contributed by atoms with Crippen molar-refractivity contribution in [3.05, 3.63) is 65.2 Å². The summed E-state index contributed by atoms with van der Waals surface area (Å²) in [7, 11) is 0. The molecule has 0 radical (unpaired) electrons. The van der Waals surface area contributed by atoms with Crippen LogP contribution in [0.15, 0.2) is 48.5 Å². The molecule has 2 aromatic rings. The zero-order valence-electron chi connectivity index (χ0n) is 16.6. The minimum atomic E-state index is -0.282.